The van der Waals surface area contributed by atoms with Gasteiger partial charge in [0.15, 0.2) is 0 Å². The van der Waals surface area contributed by atoms with Crippen molar-refractivity contribution >= 4 is 29.8 Å². The lowest BCUT2D eigenvalue weighted by Gasteiger charge is -2.21. The number of carbonyl (C=O) groups is 1. The quantitative estimate of drug-likeness (QED) is 0.885. The van der Waals surface area contributed by atoms with E-state index in [-0.39, 0.29) is 18.3 Å². The fourth-order valence-corrected chi connectivity index (χ4v) is 2.24. The number of carbonyl (C=O) groups excluding carboxylic acids is 1. The molecule has 2 N–H and O–H groups in total. The minimum atomic E-state index is -0.0349. The zero-order chi connectivity index (χ0) is 13.5. The van der Waals surface area contributed by atoms with Crippen LogP contribution in [0.1, 0.15) is 21.7 Å². The van der Waals surface area contributed by atoms with Crippen LogP contribution in [0.2, 0.25) is 0 Å². The SMILES string of the molecule is Cl.NCCCN(Cc1ccccc1)C(=O)c1cnns1. The van der Waals surface area contributed by atoms with Gasteiger partial charge in [-0.2, -0.15) is 0 Å². The highest BCUT2D eigenvalue weighted by atomic mass is 35.5. The molecule has 0 radical (unpaired) electrons. The number of nitrogens with two attached hydrogens (primary N) is 1. The van der Waals surface area contributed by atoms with Crippen molar-refractivity contribution in [2.75, 3.05) is 13.1 Å². The second kappa shape index (κ2) is 8.63. The second-order valence-electron chi connectivity index (χ2n) is 4.14. The summed E-state index contributed by atoms with van der Waals surface area (Å²) < 4.78 is 3.73. The monoisotopic (exact) mass is 312 g/mol. The predicted octanol–water partition coefficient (Wildman–Crippen LogP) is 1.95. The fraction of sp³-hybridized carbons (Fsp3) is 0.308. The summed E-state index contributed by atoms with van der Waals surface area (Å²) in [5.41, 5.74) is 6.63. The van der Waals surface area contributed by atoms with Crippen LogP contribution in [0.15, 0.2) is 36.5 Å². The maximum Gasteiger partial charge on any atom is 0.267 e. The van der Waals surface area contributed by atoms with Gasteiger partial charge in [0.1, 0.15) is 4.88 Å². The largest absolute Gasteiger partial charge is 0.333 e. The van der Waals surface area contributed by atoms with E-state index in [1.54, 1.807) is 4.90 Å². The molecule has 0 unspecified atom stereocenters. The van der Waals surface area contributed by atoms with Gasteiger partial charge in [0.05, 0.1) is 6.20 Å². The Hall–Kier alpha value is -1.50. The molecule has 1 aromatic heterocycles. The van der Waals surface area contributed by atoms with Gasteiger partial charge in [-0.3, -0.25) is 4.79 Å². The number of amides is 1. The Morgan fingerprint density at radius 2 is 2.05 bits per heavy atom. The number of hydrogen-bond donors (Lipinski definition) is 1. The Kier molecular flexibility index (Phi) is 7.14. The van der Waals surface area contributed by atoms with Crippen LogP contribution in [-0.4, -0.2) is 33.5 Å². The number of benzene rings is 1. The van der Waals surface area contributed by atoms with Gasteiger partial charge in [-0.1, -0.05) is 34.8 Å². The van der Waals surface area contributed by atoms with E-state index in [2.05, 4.69) is 9.59 Å². The lowest BCUT2D eigenvalue weighted by Crippen LogP contribution is -2.32. The molecule has 5 nitrogen and oxygen atoms in total. The van der Waals surface area contributed by atoms with Gasteiger partial charge in [-0.25, -0.2) is 0 Å². The highest BCUT2D eigenvalue weighted by molar-refractivity contribution is 7.07. The van der Waals surface area contributed by atoms with Crippen LogP contribution in [-0.2, 0) is 6.54 Å². The lowest BCUT2D eigenvalue weighted by atomic mass is 10.2. The van der Waals surface area contributed by atoms with Crippen molar-refractivity contribution in [1.29, 1.82) is 0 Å². The van der Waals surface area contributed by atoms with Crippen LogP contribution in [0.3, 0.4) is 0 Å². The van der Waals surface area contributed by atoms with E-state index in [9.17, 15) is 4.79 Å². The number of hydrogen-bond acceptors (Lipinski definition) is 5. The molecule has 0 spiro atoms. The van der Waals surface area contributed by atoms with Crippen LogP contribution in [0.25, 0.3) is 0 Å². The molecule has 7 heteroatoms. The van der Waals surface area contributed by atoms with E-state index >= 15 is 0 Å². The maximum absolute atomic E-state index is 12.3. The first-order valence-electron chi connectivity index (χ1n) is 6.12. The van der Waals surface area contributed by atoms with Crippen LogP contribution < -0.4 is 5.73 Å². The van der Waals surface area contributed by atoms with Gasteiger partial charge in [-0.05, 0) is 30.1 Å². The van der Waals surface area contributed by atoms with E-state index in [1.165, 1.54) is 6.20 Å². The van der Waals surface area contributed by atoms with Gasteiger partial charge >= 0.3 is 0 Å². The molecule has 0 bridgehead atoms. The molecule has 0 aliphatic heterocycles. The Bertz CT molecular complexity index is 506. The third-order valence-electron chi connectivity index (χ3n) is 2.71. The number of rotatable bonds is 6. The summed E-state index contributed by atoms with van der Waals surface area (Å²) >= 11 is 1.12. The van der Waals surface area contributed by atoms with E-state index in [0.29, 0.717) is 24.5 Å². The molecule has 0 fully saturated rings. The van der Waals surface area contributed by atoms with Crippen LogP contribution >= 0.6 is 23.9 Å². The summed E-state index contributed by atoms with van der Waals surface area (Å²) in [5, 5.41) is 3.71. The third kappa shape index (κ3) is 4.56. The van der Waals surface area contributed by atoms with Crippen molar-refractivity contribution in [2.45, 2.75) is 13.0 Å². The minimum absolute atomic E-state index is 0. The smallest absolute Gasteiger partial charge is 0.267 e. The zero-order valence-electron chi connectivity index (χ0n) is 10.9. The summed E-state index contributed by atoms with van der Waals surface area (Å²) in [4.78, 5) is 14.7. The molecule has 0 aliphatic rings. The molecule has 2 rings (SSSR count). The maximum atomic E-state index is 12.3. The standard InChI is InChI=1S/C13H16N4OS.ClH/c14-7-4-8-17(10-11-5-2-1-3-6-11)13(18)12-9-15-16-19-12;/h1-3,5-6,9H,4,7-8,10,14H2;1H. The van der Waals surface area contributed by atoms with Crippen LogP contribution in [0, 0.1) is 0 Å². The minimum Gasteiger partial charge on any atom is -0.333 e. The van der Waals surface area contributed by atoms with Gasteiger partial charge in [0.25, 0.3) is 5.91 Å². The number of nitrogens with zero attached hydrogens (tertiary/aromatic N) is 3. The Balaban J connectivity index is 0.00000200. The van der Waals surface area contributed by atoms with Gasteiger partial charge < -0.3 is 10.6 Å². The second-order valence-corrected chi connectivity index (χ2v) is 4.92. The Morgan fingerprint density at radius 3 is 2.65 bits per heavy atom. The van der Waals surface area contributed by atoms with Gasteiger partial charge in [-0.15, -0.1) is 17.5 Å². The highest BCUT2D eigenvalue weighted by Gasteiger charge is 2.17. The molecule has 1 heterocycles. The van der Waals surface area contributed by atoms with Crippen molar-refractivity contribution < 1.29 is 4.79 Å². The zero-order valence-corrected chi connectivity index (χ0v) is 12.6. The molecule has 0 aliphatic carbocycles. The highest BCUT2D eigenvalue weighted by Crippen LogP contribution is 2.12. The van der Waals surface area contributed by atoms with E-state index in [1.807, 2.05) is 30.3 Å². The molecule has 2 aromatic rings. The predicted molar refractivity (Wildman–Crippen MR) is 82.0 cm³/mol. The summed E-state index contributed by atoms with van der Waals surface area (Å²) in [6, 6.07) is 9.91. The van der Waals surface area contributed by atoms with Crippen LogP contribution in [0.5, 0.6) is 0 Å². The topological polar surface area (TPSA) is 72.1 Å². The van der Waals surface area contributed by atoms with E-state index in [4.69, 9.17) is 5.73 Å². The first-order valence-corrected chi connectivity index (χ1v) is 6.89. The molecule has 0 atom stereocenters. The van der Waals surface area contributed by atoms with Crippen molar-refractivity contribution in [3.8, 4) is 0 Å². The third-order valence-corrected chi connectivity index (χ3v) is 3.36. The molecule has 20 heavy (non-hydrogen) atoms. The first-order chi connectivity index (χ1) is 9.31. The van der Waals surface area contributed by atoms with E-state index < -0.39 is 0 Å². The molecule has 1 amide bonds. The number of aromatic nitrogens is 2. The molecule has 108 valence electrons. The Labute approximate surface area is 128 Å². The van der Waals surface area contributed by atoms with Crippen molar-refractivity contribution in [3.63, 3.8) is 0 Å². The van der Waals surface area contributed by atoms with Gasteiger partial charge in [0.2, 0.25) is 0 Å². The number of halogens is 1. The Morgan fingerprint density at radius 1 is 1.30 bits per heavy atom. The van der Waals surface area contributed by atoms with Crippen molar-refractivity contribution in [2.24, 2.45) is 5.73 Å². The molecule has 0 saturated heterocycles. The summed E-state index contributed by atoms with van der Waals surface area (Å²) in [6.07, 6.45) is 2.29. The van der Waals surface area contributed by atoms with Crippen molar-refractivity contribution in [3.05, 3.63) is 47.0 Å². The van der Waals surface area contributed by atoms with Crippen LogP contribution in [0.4, 0.5) is 0 Å². The van der Waals surface area contributed by atoms with Crippen molar-refractivity contribution in [1.82, 2.24) is 14.5 Å². The fourth-order valence-electron chi connectivity index (χ4n) is 1.76. The normalized spacial score (nSPS) is 9.85. The summed E-state index contributed by atoms with van der Waals surface area (Å²) in [6.45, 7) is 1.79. The molecule has 1 aromatic carbocycles. The molecule has 0 saturated carbocycles. The molecular weight excluding hydrogens is 296 g/mol. The average molecular weight is 313 g/mol. The average Bonchev–Trinajstić information content (AvgIpc) is 2.98. The summed E-state index contributed by atoms with van der Waals surface area (Å²) in [5.74, 6) is -0.0349. The summed E-state index contributed by atoms with van der Waals surface area (Å²) in [7, 11) is 0. The van der Waals surface area contributed by atoms with E-state index in [0.717, 1.165) is 23.5 Å². The first kappa shape index (κ1) is 16.6. The lowest BCUT2D eigenvalue weighted by molar-refractivity contribution is 0.0747. The van der Waals surface area contributed by atoms with Gasteiger partial charge in [0, 0.05) is 13.1 Å². The molecular formula is C13H17ClN4OS.